The number of anilines is 1. The van der Waals surface area contributed by atoms with Crippen molar-refractivity contribution in [1.29, 1.82) is 0 Å². The van der Waals surface area contributed by atoms with Gasteiger partial charge >= 0.3 is 6.09 Å². The van der Waals surface area contributed by atoms with Gasteiger partial charge in [-0.3, -0.25) is 4.79 Å². The van der Waals surface area contributed by atoms with E-state index in [-0.39, 0.29) is 17.9 Å². The van der Waals surface area contributed by atoms with Crippen molar-refractivity contribution >= 4 is 34.6 Å². The van der Waals surface area contributed by atoms with Gasteiger partial charge in [-0.2, -0.15) is 14.6 Å². The van der Waals surface area contributed by atoms with E-state index < -0.39 is 11.1 Å². The molecule has 1 unspecified atom stereocenters. The van der Waals surface area contributed by atoms with Gasteiger partial charge in [-0.05, 0) is 45.4 Å². The number of carbonyl (C=O) groups is 2. The lowest BCUT2D eigenvalue weighted by atomic mass is 9.90. The second-order valence-corrected chi connectivity index (χ2v) is 11.1. The van der Waals surface area contributed by atoms with Crippen LogP contribution in [0.15, 0.2) is 59.3 Å². The van der Waals surface area contributed by atoms with E-state index in [0.29, 0.717) is 54.4 Å². The number of aromatic nitrogens is 6. The third-order valence-corrected chi connectivity index (χ3v) is 7.17. The summed E-state index contributed by atoms with van der Waals surface area (Å²) in [5.41, 5.74) is 6.02. The molecule has 5 aromatic rings. The minimum Gasteiger partial charge on any atom is -0.461 e. The van der Waals surface area contributed by atoms with Crippen LogP contribution in [0.2, 0.25) is 0 Å². The zero-order valence-electron chi connectivity index (χ0n) is 23.3. The highest BCUT2D eigenvalue weighted by Crippen LogP contribution is 2.33. The number of furan rings is 1. The number of nitrogen functional groups attached to an aromatic ring is 1. The Morgan fingerprint density at radius 1 is 0.927 bits per heavy atom. The summed E-state index contributed by atoms with van der Waals surface area (Å²) in [5.74, 6) is 0.751. The van der Waals surface area contributed by atoms with Gasteiger partial charge in [-0.15, -0.1) is 5.10 Å². The minimum atomic E-state index is -1.28. The van der Waals surface area contributed by atoms with Gasteiger partial charge in [0, 0.05) is 26.2 Å². The summed E-state index contributed by atoms with van der Waals surface area (Å²) >= 11 is 0. The van der Waals surface area contributed by atoms with Crippen LogP contribution in [-0.2, 0) is 15.1 Å². The van der Waals surface area contributed by atoms with Gasteiger partial charge in [0.2, 0.25) is 11.8 Å². The van der Waals surface area contributed by atoms with E-state index >= 15 is 0 Å². The van der Waals surface area contributed by atoms with E-state index in [9.17, 15) is 9.59 Å². The molecule has 5 heterocycles. The first-order valence-electron chi connectivity index (χ1n) is 13.3. The highest BCUT2D eigenvalue weighted by atomic mass is 16.6. The number of nitrogens with two attached hydrogens (primary N) is 1. The number of carbonyl (C=O) groups excluding carboxylic acids is 2. The number of hydrogen-bond donors (Lipinski definition) is 1. The predicted octanol–water partition coefficient (Wildman–Crippen LogP) is 3.16. The summed E-state index contributed by atoms with van der Waals surface area (Å²) in [6.45, 7) is 8.70. The molecule has 1 fully saturated rings. The highest BCUT2D eigenvalue weighted by molar-refractivity contribution is 5.94. The molecule has 0 bridgehead atoms. The van der Waals surface area contributed by atoms with Crippen LogP contribution in [0.5, 0.6) is 0 Å². The largest absolute Gasteiger partial charge is 0.461 e. The molecule has 0 aliphatic carbocycles. The summed E-state index contributed by atoms with van der Waals surface area (Å²) < 4.78 is 14.0. The second-order valence-electron chi connectivity index (χ2n) is 11.1. The van der Waals surface area contributed by atoms with Crippen LogP contribution < -0.4 is 5.73 Å². The van der Waals surface area contributed by atoms with E-state index in [4.69, 9.17) is 14.9 Å². The third kappa shape index (κ3) is 4.52. The smallest absolute Gasteiger partial charge is 0.410 e. The lowest BCUT2D eigenvalue weighted by Crippen LogP contribution is -2.57. The molecule has 2 N–H and O–H groups in total. The maximum Gasteiger partial charge on any atom is 0.410 e. The average Bonchev–Trinajstić information content (AvgIpc) is 3.72. The third-order valence-electron chi connectivity index (χ3n) is 7.17. The molecule has 41 heavy (non-hydrogen) atoms. The summed E-state index contributed by atoms with van der Waals surface area (Å²) in [4.78, 5) is 39.6. The molecule has 13 heteroatoms. The molecule has 6 rings (SSSR count). The van der Waals surface area contributed by atoms with Gasteiger partial charge in [-0.1, -0.05) is 30.3 Å². The molecule has 212 valence electrons. The fourth-order valence-corrected chi connectivity index (χ4v) is 5.07. The fraction of sp³-hybridized carbons (Fsp3) is 0.357. The topological polar surface area (TPSA) is 150 Å². The zero-order chi connectivity index (χ0) is 28.9. The van der Waals surface area contributed by atoms with Crippen molar-refractivity contribution in [2.75, 3.05) is 31.9 Å². The molecule has 1 aliphatic rings. The second kappa shape index (κ2) is 9.61. The van der Waals surface area contributed by atoms with Crippen molar-refractivity contribution in [1.82, 2.24) is 39.2 Å². The van der Waals surface area contributed by atoms with Crippen LogP contribution in [0.3, 0.4) is 0 Å². The van der Waals surface area contributed by atoms with Gasteiger partial charge in [0.1, 0.15) is 5.60 Å². The molecule has 1 aliphatic heterocycles. The number of amides is 2. The van der Waals surface area contributed by atoms with E-state index in [1.54, 1.807) is 39.1 Å². The minimum absolute atomic E-state index is 0.0911. The molecule has 1 aromatic carbocycles. The van der Waals surface area contributed by atoms with Crippen molar-refractivity contribution in [3.8, 4) is 11.6 Å². The van der Waals surface area contributed by atoms with Crippen LogP contribution in [0.4, 0.5) is 10.7 Å². The number of fused-ring (bicyclic) bond motifs is 3. The van der Waals surface area contributed by atoms with Crippen LogP contribution in [0.25, 0.3) is 28.3 Å². The van der Waals surface area contributed by atoms with Crippen LogP contribution in [-0.4, -0.2) is 82.9 Å². The Morgan fingerprint density at radius 2 is 1.63 bits per heavy atom. The molecule has 2 amide bonds. The number of rotatable bonds is 4. The lowest BCUT2D eigenvalue weighted by molar-refractivity contribution is -0.140. The van der Waals surface area contributed by atoms with Crippen molar-refractivity contribution < 1.29 is 18.7 Å². The Bertz CT molecular complexity index is 1730. The van der Waals surface area contributed by atoms with Crippen molar-refractivity contribution in [2.45, 2.75) is 38.8 Å². The van der Waals surface area contributed by atoms with E-state index in [1.165, 1.54) is 4.52 Å². The van der Waals surface area contributed by atoms with Gasteiger partial charge in [-0.25, -0.2) is 14.5 Å². The number of nitrogens with zero attached hydrogens (tertiary/aromatic N) is 8. The number of piperazine rings is 1. The normalized spacial score (nSPS) is 15.8. The van der Waals surface area contributed by atoms with E-state index in [0.717, 1.165) is 5.56 Å². The zero-order valence-corrected chi connectivity index (χ0v) is 23.3. The Labute approximate surface area is 235 Å². The maximum absolute atomic E-state index is 14.4. The van der Waals surface area contributed by atoms with Gasteiger partial charge < -0.3 is 24.7 Å². The number of ether oxygens (including phenoxy) is 1. The average molecular weight is 558 g/mol. The summed E-state index contributed by atoms with van der Waals surface area (Å²) in [6, 6.07) is 12.9. The van der Waals surface area contributed by atoms with E-state index in [1.807, 2.05) is 58.0 Å². The molecule has 1 atom stereocenters. The number of benzene rings is 1. The molecule has 0 spiro atoms. The Morgan fingerprint density at radius 3 is 2.29 bits per heavy atom. The fourth-order valence-electron chi connectivity index (χ4n) is 5.07. The molecule has 13 nitrogen and oxygen atoms in total. The summed E-state index contributed by atoms with van der Waals surface area (Å²) in [5, 5.41) is 9.70. The lowest BCUT2D eigenvalue weighted by Gasteiger charge is -2.40. The summed E-state index contributed by atoms with van der Waals surface area (Å²) in [7, 11) is 0. The molecular formula is C28H31N9O4. The van der Waals surface area contributed by atoms with Gasteiger partial charge in [0.25, 0.3) is 5.91 Å². The SMILES string of the molecule is CC(C)(C)OC(=O)N1CCN(C(=O)C(C)(c2ccccc2)n2ncc3c2nc(N)n2nc(-c4ccco4)nc32)CC1. The highest BCUT2D eigenvalue weighted by Gasteiger charge is 2.44. The Hall–Kier alpha value is -4.94. The molecule has 0 radical (unpaired) electrons. The Balaban J connectivity index is 1.39. The molecule has 1 saturated heterocycles. The van der Waals surface area contributed by atoms with Crippen molar-refractivity contribution in [3.05, 3.63) is 60.5 Å². The van der Waals surface area contributed by atoms with Crippen LogP contribution in [0.1, 0.15) is 33.3 Å². The van der Waals surface area contributed by atoms with E-state index in [2.05, 4.69) is 20.2 Å². The predicted molar refractivity (Wildman–Crippen MR) is 150 cm³/mol. The van der Waals surface area contributed by atoms with Crippen molar-refractivity contribution in [3.63, 3.8) is 0 Å². The first-order valence-corrected chi connectivity index (χ1v) is 13.3. The van der Waals surface area contributed by atoms with Crippen molar-refractivity contribution in [2.24, 2.45) is 0 Å². The standard InChI is InChI=1S/C28H31N9O4/c1-27(2,3)41-26(39)35-14-12-34(13-15-35)24(38)28(4,18-9-6-5-7-10-18)37-23-19(17-30-37)22-31-21(20-11-8-16-40-20)33-36(22)25(29)32-23/h5-11,16-17H,12-15H2,1-4H3,(H2,29,32). The molecule has 0 saturated carbocycles. The maximum atomic E-state index is 14.4. The monoisotopic (exact) mass is 557 g/mol. The Kier molecular flexibility index (Phi) is 6.16. The molecular weight excluding hydrogens is 526 g/mol. The summed E-state index contributed by atoms with van der Waals surface area (Å²) in [6.07, 6.45) is 2.77. The number of hydrogen-bond acceptors (Lipinski definition) is 9. The van der Waals surface area contributed by atoms with Gasteiger partial charge in [0.15, 0.2) is 22.6 Å². The van der Waals surface area contributed by atoms with Crippen LogP contribution in [0, 0.1) is 0 Å². The first-order chi connectivity index (χ1) is 19.6. The van der Waals surface area contributed by atoms with Gasteiger partial charge in [0.05, 0.1) is 17.8 Å². The van der Waals surface area contributed by atoms with Crippen LogP contribution >= 0.6 is 0 Å². The molecule has 4 aromatic heterocycles. The quantitative estimate of drug-likeness (QED) is 0.351. The first kappa shape index (κ1) is 26.3.